The van der Waals surface area contributed by atoms with Crippen molar-refractivity contribution in [2.45, 2.75) is 33.2 Å². The molecule has 0 amide bonds. The molecule has 18 heavy (non-hydrogen) atoms. The van der Waals surface area contributed by atoms with Gasteiger partial charge in [0.05, 0.1) is 19.8 Å². The molecule has 0 aliphatic carbocycles. The minimum absolute atomic E-state index is 0.0248. The van der Waals surface area contributed by atoms with Crippen molar-refractivity contribution in [2.75, 3.05) is 14.2 Å². The van der Waals surface area contributed by atoms with E-state index in [1.807, 2.05) is 20.8 Å². The summed E-state index contributed by atoms with van der Waals surface area (Å²) in [5.41, 5.74) is 8.10. The lowest BCUT2D eigenvalue weighted by atomic mass is 9.97. The monoisotopic (exact) mass is 251 g/mol. The van der Waals surface area contributed by atoms with E-state index in [-0.39, 0.29) is 11.8 Å². The van der Waals surface area contributed by atoms with Crippen molar-refractivity contribution in [3.8, 4) is 11.5 Å². The van der Waals surface area contributed by atoms with Crippen molar-refractivity contribution in [1.82, 2.24) is 0 Å². The summed E-state index contributed by atoms with van der Waals surface area (Å²) < 4.78 is 10.6. The first kappa shape index (κ1) is 14.5. The lowest BCUT2D eigenvalue weighted by molar-refractivity contribution is 0.0973. The van der Waals surface area contributed by atoms with Crippen molar-refractivity contribution >= 4 is 5.78 Å². The molecule has 0 saturated carbocycles. The molecule has 4 nitrogen and oxygen atoms in total. The van der Waals surface area contributed by atoms with Gasteiger partial charge in [0, 0.05) is 12.5 Å². The fourth-order valence-corrected chi connectivity index (χ4v) is 1.95. The Labute approximate surface area is 108 Å². The highest BCUT2D eigenvalue weighted by Crippen LogP contribution is 2.34. The van der Waals surface area contributed by atoms with Gasteiger partial charge in [-0.25, -0.2) is 0 Å². The first-order chi connectivity index (χ1) is 8.42. The van der Waals surface area contributed by atoms with E-state index in [2.05, 4.69) is 0 Å². The number of hydrogen-bond donors (Lipinski definition) is 1. The van der Waals surface area contributed by atoms with Crippen molar-refractivity contribution in [1.29, 1.82) is 0 Å². The number of ketones is 1. The minimum atomic E-state index is -0.171. The summed E-state index contributed by atoms with van der Waals surface area (Å²) in [6.07, 6.45) is 0.294. The summed E-state index contributed by atoms with van der Waals surface area (Å²) in [5, 5.41) is 0. The average molecular weight is 251 g/mol. The third-order valence-corrected chi connectivity index (χ3v) is 3.02. The second-order valence-electron chi connectivity index (χ2n) is 4.51. The van der Waals surface area contributed by atoms with Gasteiger partial charge in [-0.3, -0.25) is 4.79 Å². The smallest absolute Gasteiger partial charge is 0.168 e. The van der Waals surface area contributed by atoms with Crippen LogP contribution in [0.2, 0.25) is 0 Å². The van der Waals surface area contributed by atoms with Crippen LogP contribution in [0.15, 0.2) is 6.07 Å². The average Bonchev–Trinajstić information content (AvgIpc) is 2.31. The lowest BCUT2D eigenvalue weighted by Crippen LogP contribution is -2.20. The largest absolute Gasteiger partial charge is 0.496 e. The van der Waals surface area contributed by atoms with Crippen LogP contribution in [-0.4, -0.2) is 26.0 Å². The fourth-order valence-electron chi connectivity index (χ4n) is 1.95. The topological polar surface area (TPSA) is 61.5 Å². The van der Waals surface area contributed by atoms with Gasteiger partial charge in [0.2, 0.25) is 0 Å². The quantitative estimate of drug-likeness (QED) is 0.815. The summed E-state index contributed by atoms with van der Waals surface area (Å²) >= 11 is 0. The van der Waals surface area contributed by atoms with Crippen LogP contribution in [0.4, 0.5) is 0 Å². The number of methoxy groups -OCH3 is 2. The summed E-state index contributed by atoms with van der Waals surface area (Å²) in [6, 6.07) is 1.56. The molecule has 2 N–H and O–H groups in total. The molecule has 1 unspecified atom stereocenters. The van der Waals surface area contributed by atoms with Crippen LogP contribution in [0.5, 0.6) is 11.5 Å². The van der Waals surface area contributed by atoms with Crippen molar-refractivity contribution in [3.05, 3.63) is 22.8 Å². The molecule has 0 radical (unpaired) electrons. The zero-order valence-electron chi connectivity index (χ0n) is 11.7. The van der Waals surface area contributed by atoms with E-state index in [4.69, 9.17) is 15.2 Å². The van der Waals surface area contributed by atoms with Crippen LogP contribution in [-0.2, 0) is 0 Å². The van der Waals surface area contributed by atoms with Gasteiger partial charge in [0.25, 0.3) is 0 Å². The third-order valence-electron chi connectivity index (χ3n) is 3.02. The molecule has 1 aromatic carbocycles. The van der Waals surface area contributed by atoms with Crippen LogP contribution < -0.4 is 15.2 Å². The number of Topliss-reactive ketones (excluding diaryl/α,β-unsaturated/α-hetero) is 1. The van der Waals surface area contributed by atoms with E-state index < -0.39 is 0 Å². The molecule has 1 atom stereocenters. The molecule has 4 heteroatoms. The highest BCUT2D eigenvalue weighted by atomic mass is 16.5. The molecular weight excluding hydrogens is 230 g/mol. The zero-order chi connectivity index (χ0) is 13.9. The summed E-state index contributed by atoms with van der Waals surface area (Å²) in [7, 11) is 3.16. The molecule has 0 aromatic heterocycles. The fraction of sp³-hybridized carbons (Fsp3) is 0.500. The second kappa shape index (κ2) is 5.87. The van der Waals surface area contributed by atoms with E-state index in [0.29, 0.717) is 23.5 Å². The van der Waals surface area contributed by atoms with E-state index in [0.717, 1.165) is 11.1 Å². The first-order valence-corrected chi connectivity index (χ1v) is 5.93. The highest BCUT2D eigenvalue weighted by Gasteiger charge is 2.19. The molecule has 0 saturated heterocycles. The van der Waals surface area contributed by atoms with Crippen LogP contribution in [0.1, 0.15) is 34.8 Å². The SMILES string of the molecule is COc1cc(C(=O)CC(C)N)c(OC)c(C)c1C. The number of rotatable bonds is 5. The normalized spacial score (nSPS) is 12.1. The number of carbonyl (C=O) groups is 1. The molecule has 1 rings (SSSR count). The highest BCUT2D eigenvalue weighted by molar-refractivity contribution is 6.00. The van der Waals surface area contributed by atoms with Crippen molar-refractivity contribution in [3.63, 3.8) is 0 Å². The Morgan fingerprint density at radius 3 is 2.33 bits per heavy atom. The molecule has 1 aromatic rings. The van der Waals surface area contributed by atoms with Crippen LogP contribution in [0.25, 0.3) is 0 Å². The predicted molar refractivity (Wildman–Crippen MR) is 71.6 cm³/mol. The van der Waals surface area contributed by atoms with Crippen LogP contribution in [0, 0.1) is 13.8 Å². The van der Waals surface area contributed by atoms with Gasteiger partial charge in [-0.15, -0.1) is 0 Å². The van der Waals surface area contributed by atoms with Gasteiger partial charge in [0.15, 0.2) is 5.78 Å². The molecule has 0 aliphatic heterocycles. The number of benzene rings is 1. The molecular formula is C14H21NO3. The number of carbonyl (C=O) groups excluding carboxylic acids is 1. The molecule has 100 valence electrons. The van der Waals surface area contributed by atoms with Gasteiger partial charge >= 0.3 is 0 Å². The van der Waals surface area contributed by atoms with Gasteiger partial charge < -0.3 is 15.2 Å². The van der Waals surface area contributed by atoms with Gasteiger partial charge in [-0.2, -0.15) is 0 Å². The third kappa shape index (κ3) is 2.82. The van der Waals surface area contributed by atoms with Crippen LogP contribution >= 0.6 is 0 Å². The number of ether oxygens (including phenoxy) is 2. The first-order valence-electron chi connectivity index (χ1n) is 5.93. The Bertz CT molecular complexity index is 453. The van der Waals surface area contributed by atoms with Crippen molar-refractivity contribution in [2.24, 2.45) is 5.73 Å². The number of hydrogen-bond acceptors (Lipinski definition) is 4. The van der Waals surface area contributed by atoms with E-state index >= 15 is 0 Å². The number of nitrogens with two attached hydrogens (primary N) is 1. The molecule has 0 bridgehead atoms. The Balaban J connectivity index is 3.33. The molecule has 0 heterocycles. The zero-order valence-corrected chi connectivity index (χ0v) is 11.7. The van der Waals surface area contributed by atoms with Crippen LogP contribution in [0.3, 0.4) is 0 Å². The predicted octanol–water partition coefficient (Wildman–Crippen LogP) is 2.24. The molecule has 0 fully saturated rings. The van der Waals surface area contributed by atoms with Gasteiger partial charge in [-0.1, -0.05) is 0 Å². The maximum absolute atomic E-state index is 12.2. The Morgan fingerprint density at radius 1 is 1.28 bits per heavy atom. The maximum atomic E-state index is 12.2. The van der Waals surface area contributed by atoms with E-state index in [1.165, 1.54) is 0 Å². The van der Waals surface area contributed by atoms with Gasteiger partial charge in [0.1, 0.15) is 11.5 Å². The standard InChI is InChI=1S/C14H21NO3/c1-8(15)6-12(16)11-7-13(17-4)9(2)10(3)14(11)18-5/h7-8H,6,15H2,1-5H3. The van der Waals surface area contributed by atoms with E-state index in [9.17, 15) is 4.79 Å². The van der Waals surface area contributed by atoms with Gasteiger partial charge in [-0.05, 0) is 38.0 Å². The van der Waals surface area contributed by atoms with Crippen molar-refractivity contribution < 1.29 is 14.3 Å². The Kier molecular flexibility index (Phi) is 4.73. The van der Waals surface area contributed by atoms with E-state index in [1.54, 1.807) is 20.3 Å². The Hall–Kier alpha value is -1.55. The molecule has 0 aliphatic rings. The summed E-state index contributed by atoms with van der Waals surface area (Å²) in [6.45, 7) is 5.67. The minimum Gasteiger partial charge on any atom is -0.496 e. The maximum Gasteiger partial charge on any atom is 0.168 e. The molecule has 0 spiro atoms. The summed E-state index contributed by atoms with van der Waals surface area (Å²) in [4.78, 5) is 12.2. The second-order valence-corrected chi connectivity index (χ2v) is 4.51. The summed E-state index contributed by atoms with van der Waals surface area (Å²) in [5.74, 6) is 1.28. The Morgan fingerprint density at radius 2 is 1.89 bits per heavy atom. The lowest BCUT2D eigenvalue weighted by Gasteiger charge is -2.16.